The molecule has 7 nitrogen and oxygen atoms in total. The minimum Gasteiger partial charge on any atom is -0.297 e. The average molecular weight is 296 g/mol. The molecule has 104 valence electrons. The number of nitro groups is 1. The molecule has 8 heteroatoms. The first kappa shape index (κ1) is 14.0. The summed E-state index contributed by atoms with van der Waals surface area (Å²) in [6.07, 6.45) is 0. The van der Waals surface area contributed by atoms with E-state index in [2.05, 4.69) is 4.98 Å². The van der Waals surface area contributed by atoms with E-state index in [1.807, 2.05) is 0 Å². The minimum atomic E-state index is -0.692. The monoisotopic (exact) mass is 295 g/mol. The highest BCUT2D eigenvalue weighted by Crippen LogP contribution is 2.19. The van der Waals surface area contributed by atoms with Crippen LogP contribution in [0.4, 0.5) is 5.69 Å². The second kappa shape index (κ2) is 4.93. The van der Waals surface area contributed by atoms with E-state index in [-0.39, 0.29) is 22.1 Å². The van der Waals surface area contributed by atoms with Crippen LogP contribution in [0.3, 0.4) is 0 Å². The van der Waals surface area contributed by atoms with Crippen molar-refractivity contribution in [1.29, 1.82) is 0 Å². The third kappa shape index (κ3) is 2.23. The Morgan fingerprint density at radius 2 is 1.95 bits per heavy atom. The van der Waals surface area contributed by atoms with Crippen molar-refractivity contribution in [1.82, 2.24) is 9.55 Å². The summed E-state index contributed by atoms with van der Waals surface area (Å²) < 4.78 is 0.903. The van der Waals surface area contributed by atoms with Gasteiger partial charge >= 0.3 is 5.69 Å². The number of non-ortho nitro benzene ring substituents is 1. The predicted molar refractivity (Wildman–Crippen MR) is 73.8 cm³/mol. The Bertz CT molecular complexity index is 822. The van der Waals surface area contributed by atoms with Crippen molar-refractivity contribution < 1.29 is 4.92 Å². The Balaban J connectivity index is 2.76. The number of halogens is 1. The van der Waals surface area contributed by atoms with E-state index in [1.165, 1.54) is 25.1 Å². The summed E-state index contributed by atoms with van der Waals surface area (Å²) in [7, 11) is 0. The molecule has 2 rings (SSSR count). The molecule has 0 saturated heterocycles. The van der Waals surface area contributed by atoms with Gasteiger partial charge in [0, 0.05) is 12.1 Å². The molecule has 2 aromatic rings. The Kier molecular flexibility index (Phi) is 3.46. The second-order valence-electron chi connectivity index (χ2n) is 4.24. The van der Waals surface area contributed by atoms with E-state index in [0.717, 1.165) is 4.57 Å². The first-order chi connectivity index (χ1) is 9.32. The number of aromatic nitrogens is 2. The molecule has 0 bridgehead atoms. The van der Waals surface area contributed by atoms with Crippen molar-refractivity contribution in [2.24, 2.45) is 0 Å². The Morgan fingerprint density at radius 3 is 2.50 bits per heavy atom. The normalized spacial score (nSPS) is 10.6. The number of nitrogens with one attached hydrogen (secondary N) is 1. The van der Waals surface area contributed by atoms with Gasteiger partial charge in [-0.1, -0.05) is 11.6 Å². The molecular formula is C12H10ClN3O4. The molecule has 20 heavy (non-hydrogen) atoms. The molecule has 1 aromatic carbocycles. The number of nitro benzene ring substituents is 1. The number of aromatic amines is 1. The lowest BCUT2D eigenvalue weighted by molar-refractivity contribution is -0.384. The lowest BCUT2D eigenvalue weighted by Crippen LogP contribution is -2.35. The largest absolute Gasteiger partial charge is 0.334 e. The SMILES string of the molecule is Cc1cc([N+](=O)[O-])ccc1-n1c(=O)[nH]c(Cl)c(C)c1=O. The van der Waals surface area contributed by atoms with Crippen molar-refractivity contribution in [2.45, 2.75) is 13.8 Å². The molecule has 0 aliphatic rings. The van der Waals surface area contributed by atoms with Crippen molar-refractivity contribution in [3.05, 3.63) is 65.4 Å². The van der Waals surface area contributed by atoms with Crippen LogP contribution in [0, 0.1) is 24.0 Å². The van der Waals surface area contributed by atoms with Gasteiger partial charge in [0.2, 0.25) is 0 Å². The van der Waals surface area contributed by atoms with Crippen LogP contribution in [0.25, 0.3) is 5.69 Å². The van der Waals surface area contributed by atoms with E-state index in [4.69, 9.17) is 11.6 Å². The summed E-state index contributed by atoms with van der Waals surface area (Å²) in [6.45, 7) is 3.07. The van der Waals surface area contributed by atoms with Crippen LogP contribution in [0.1, 0.15) is 11.1 Å². The molecule has 1 heterocycles. The fraction of sp³-hybridized carbons (Fsp3) is 0.167. The van der Waals surface area contributed by atoms with Gasteiger partial charge < -0.3 is 0 Å². The first-order valence-corrected chi connectivity index (χ1v) is 5.97. The zero-order valence-corrected chi connectivity index (χ0v) is 11.4. The summed E-state index contributed by atoms with van der Waals surface area (Å²) >= 11 is 5.73. The summed E-state index contributed by atoms with van der Waals surface area (Å²) in [5.41, 5.74) is -0.446. The Hall–Kier alpha value is -2.41. The average Bonchev–Trinajstić information content (AvgIpc) is 2.37. The van der Waals surface area contributed by atoms with Gasteiger partial charge in [-0.05, 0) is 25.5 Å². The number of hydrogen-bond acceptors (Lipinski definition) is 4. The maximum Gasteiger partial charge on any atom is 0.334 e. The van der Waals surface area contributed by atoms with Crippen LogP contribution in [0.2, 0.25) is 5.15 Å². The maximum absolute atomic E-state index is 12.1. The molecule has 0 amide bonds. The van der Waals surface area contributed by atoms with E-state index in [9.17, 15) is 19.7 Å². The lowest BCUT2D eigenvalue weighted by atomic mass is 10.1. The van der Waals surface area contributed by atoms with Crippen LogP contribution in [-0.2, 0) is 0 Å². The second-order valence-corrected chi connectivity index (χ2v) is 4.62. The van der Waals surface area contributed by atoms with Crippen LogP contribution in [-0.4, -0.2) is 14.5 Å². The van der Waals surface area contributed by atoms with Gasteiger partial charge in [0.1, 0.15) is 5.15 Å². The summed E-state index contributed by atoms with van der Waals surface area (Å²) in [5, 5.41) is 10.7. The molecular weight excluding hydrogens is 286 g/mol. The van der Waals surface area contributed by atoms with E-state index in [1.54, 1.807) is 6.92 Å². The molecule has 0 atom stereocenters. The van der Waals surface area contributed by atoms with E-state index in [0.29, 0.717) is 5.56 Å². The molecule has 1 N–H and O–H groups in total. The van der Waals surface area contributed by atoms with E-state index >= 15 is 0 Å². The maximum atomic E-state index is 12.1. The molecule has 0 radical (unpaired) electrons. The van der Waals surface area contributed by atoms with Gasteiger partial charge in [0.15, 0.2) is 0 Å². The summed E-state index contributed by atoms with van der Waals surface area (Å²) in [5.74, 6) is 0. The molecule has 0 unspecified atom stereocenters. The predicted octanol–water partition coefficient (Wildman–Crippen LogP) is 1.70. The first-order valence-electron chi connectivity index (χ1n) is 5.59. The molecule has 0 saturated carbocycles. The number of aryl methyl sites for hydroxylation is 1. The molecule has 0 spiro atoms. The van der Waals surface area contributed by atoms with Crippen molar-refractivity contribution in [2.75, 3.05) is 0 Å². The van der Waals surface area contributed by atoms with Crippen molar-refractivity contribution in [3.63, 3.8) is 0 Å². The van der Waals surface area contributed by atoms with Crippen molar-refractivity contribution >= 4 is 17.3 Å². The fourth-order valence-corrected chi connectivity index (χ4v) is 1.98. The topological polar surface area (TPSA) is 98.0 Å². The standard InChI is InChI=1S/C12H10ClN3O4/c1-6-5-8(16(19)20)3-4-9(6)15-11(17)7(2)10(13)14-12(15)18/h3-5H,1-2H3,(H,14,18). The lowest BCUT2D eigenvalue weighted by Gasteiger charge is -2.09. The van der Waals surface area contributed by atoms with Gasteiger partial charge in [-0.3, -0.25) is 19.9 Å². The van der Waals surface area contributed by atoms with Gasteiger partial charge in [-0.2, -0.15) is 0 Å². The quantitative estimate of drug-likeness (QED) is 0.518. The molecule has 1 aromatic heterocycles. The van der Waals surface area contributed by atoms with Crippen LogP contribution >= 0.6 is 11.6 Å². The van der Waals surface area contributed by atoms with E-state index < -0.39 is 16.2 Å². The number of rotatable bonds is 2. The van der Waals surface area contributed by atoms with Crippen molar-refractivity contribution in [3.8, 4) is 5.69 Å². The van der Waals surface area contributed by atoms with Gasteiger partial charge in [-0.25, -0.2) is 9.36 Å². The minimum absolute atomic E-state index is 0.0178. The number of benzene rings is 1. The number of hydrogen-bond donors (Lipinski definition) is 1. The van der Waals surface area contributed by atoms with Crippen LogP contribution in [0.5, 0.6) is 0 Å². The van der Waals surface area contributed by atoms with Crippen LogP contribution < -0.4 is 11.2 Å². The third-order valence-electron chi connectivity index (χ3n) is 2.90. The van der Waals surface area contributed by atoms with Gasteiger partial charge in [-0.15, -0.1) is 0 Å². The smallest absolute Gasteiger partial charge is 0.297 e. The zero-order valence-electron chi connectivity index (χ0n) is 10.6. The summed E-state index contributed by atoms with van der Waals surface area (Å²) in [4.78, 5) is 36.5. The third-order valence-corrected chi connectivity index (χ3v) is 3.28. The van der Waals surface area contributed by atoms with Crippen LogP contribution in [0.15, 0.2) is 27.8 Å². The number of nitrogens with zero attached hydrogens (tertiary/aromatic N) is 2. The Labute approximate surface area is 117 Å². The van der Waals surface area contributed by atoms with Gasteiger partial charge in [0.05, 0.1) is 16.2 Å². The highest BCUT2D eigenvalue weighted by atomic mass is 35.5. The highest BCUT2D eigenvalue weighted by Gasteiger charge is 2.15. The number of H-pyrrole nitrogens is 1. The zero-order chi connectivity index (χ0) is 15.0. The summed E-state index contributed by atoms with van der Waals surface area (Å²) in [6, 6.07) is 3.89. The fourth-order valence-electron chi connectivity index (χ4n) is 1.82. The Morgan fingerprint density at radius 1 is 1.30 bits per heavy atom. The molecule has 0 aliphatic carbocycles. The highest BCUT2D eigenvalue weighted by molar-refractivity contribution is 6.30. The molecule has 0 aliphatic heterocycles. The van der Waals surface area contributed by atoms with Gasteiger partial charge in [0.25, 0.3) is 11.2 Å². The molecule has 0 fully saturated rings.